The van der Waals surface area contributed by atoms with Crippen LogP contribution < -0.4 is 4.74 Å². The SMILES string of the molecule is Cc1ccc(C=O)cc1OCC1CCCCO1. The molecule has 2 rings (SSSR count). The molecule has 1 aromatic carbocycles. The Bertz CT molecular complexity index is 381. The lowest BCUT2D eigenvalue weighted by Crippen LogP contribution is -2.25. The van der Waals surface area contributed by atoms with Gasteiger partial charge in [0.25, 0.3) is 0 Å². The predicted octanol–water partition coefficient (Wildman–Crippen LogP) is 2.76. The number of aldehydes is 1. The van der Waals surface area contributed by atoms with E-state index in [0.717, 1.165) is 37.0 Å². The first-order valence-corrected chi connectivity index (χ1v) is 6.10. The Morgan fingerprint density at radius 3 is 3.06 bits per heavy atom. The average Bonchev–Trinajstić information content (AvgIpc) is 2.39. The molecule has 92 valence electrons. The van der Waals surface area contributed by atoms with Gasteiger partial charge in [-0.15, -0.1) is 0 Å². The van der Waals surface area contributed by atoms with E-state index < -0.39 is 0 Å². The molecule has 0 N–H and O–H groups in total. The van der Waals surface area contributed by atoms with Gasteiger partial charge < -0.3 is 9.47 Å². The molecule has 0 spiro atoms. The van der Waals surface area contributed by atoms with Gasteiger partial charge in [-0.3, -0.25) is 4.79 Å². The molecule has 0 radical (unpaired) electrons. The van der Waals surface area contributed by atoms with Crippen molar-refractivity contribution in [3.8, 4) is 5.75 Å². The van der Waals surface area contributed by atoms with Gasteiger partial charge in [-0.2, -0.15) is 0 Å². The van der Waals surface area contributed by atoms with E-state index in [1.54, 1.807) is 12.1 Å². The number of ether oxygens (including phenoxy) is 2. The van der Waals surface area contributed by atoms with Gasteiger partial charge in [0, 0.05) is 12.2 Å². The monoisotopic (exact) mass is 234 g/mol. The summed E-state index contributed by atoms with van der Waals surface area (Å²) in [7, 11) is 0. The van der Waals surface area contributed by atoms with Gasteiger partial charge in [-0.1, -0.05) is 12.1 Å². The summed E-state index contributed by atoms with van der Waals surface area (Å²) in [6.07, 6.45) is 4.45. The Kier molecular flexibility index (Phi) is 4.15. The van der Waals surface area contributed by atoms with Gasteiger partial charge in [0.2, 0.25) is 0 Å². The van der Waals surface area contributed by atoms with E-state index in [9.17, 15) is 4.79 Å². The average molecular weight is 234 g/mol. The van der Waals surface area contributed by atoms with Crippen molar-refractivity contribution >= 4 is 6.29 Å². The van der Waals surface area contributed by atoms with Crippen molar-refractivity contribution < 1.29 is 14.3 Å². The summed E-state index contributed by atoms with van der Waals surface area (Å²) < 4.78 is 11.3. The van der Waals surface area contributed by atoms with Crippen LogP contribution in [0.3, 0.4) is 0 Å². The molecule has 1 heterocycles. The fraction of sp³-hybridized carbons (Fsp3) is 0.500. The Morgan fingerprint density at radius 1 is 1.47 bits per heavy atom. The smallest absolute Gasteiger partial charge is 0.150 e. The van der Waals surface area contributed by atoms with Crippen LogP contribution in [0.1, 0.15) is 35.2 Å². The van der Waals surface area contributed by atoms with Crippen molar-refractivity contribution in [1.29, 1.82) is 0 Å². The highest BCUT2D eigenvalue weighted by Crippen LogP contribution is 2.20. The van der Waals surface area contributed by atoms with Crippen LogP contribution in [0.15, 0.2) is 18.2 Å². The number of hydrogen-bond donors (Lipinski definition) is 0. The molecule has 1 fully saturated rings. The van der Waals surface area contributed by atoms with Crippen molar-refractivity contribution in [2.45, 2.75) is 32.3 Å². The van der Waals surface area contributed by atoms with Crippen molar-refractivity contribution in [3.05, 3.63) is 29.3 Å². The summed E-state index contributed by atoms with van der Waals surface area (Å²) in [6.45, 7) is 3.39. The van der Waals surface area contributed by atoms with Gasteiger partial charge in [0.05, 0.1) is 6.10 Å². The normalized spacial score (nSPS) is 19.9. The Morgan fingerprint density at radius 2 is 2.35 bits per heavy atom. The highest BCUT2D eigenvalue weighted by Gasteiger charge is 2.14. The Labute approximate surface area is 102 Å². The van der Waals surface area contributed by atoms with E-state index in [4.69, 9.17) is 9.47 Å². The molecular formula is C14H18O3. The summed E-state index contributed by atoms with van der Waals surface area (Å²) in [5, 5.41) is 0. The van der Waals surface area contributed by atoms with Crippen LogP contribution in [-0.4, -0.2) is 25.6 Å². The zero-order valence-electron chi connectivity index (χ0n) is 10.1. The van der Waals surface area contributed by atoms with Crippen LogP contribution in [0.25, 0.3) is 0 Å². The van der Waals surface area contributed by atoms with Crippen LogP contribution in [0, 0.1) is 6.92 Å². The van der Waals surface area contributed by atoms with E-state index in [2.05, 4.69) is 0 Å². The van der Waals surface area contributed by atoms with Crippen LogP contribution in [0.4, 0.5) is 0 Å². The Hall–Kier alpha value is -1.35. The van der Waals surface area contributed by atoms with E-state index in [-0.39, 0.29) is 6.10 Å². The van der Waals surface area contributed by atoms with Crippen molar-refractivity contribution in [1.82, 2.24) is 0 Å². The maximum atomic E-state index is 10.7. The van der Waals surface area contributed by atoms with Crippen molar-refractivity contribution in [2.24, 2.45) is 0 Å². The summed E-state index contributed by atoms with van der Waals surface area (Å²) in [4.78, 5) is 10.7. The van der Waals surface area contributed by atoms with Gasteiger partial charge in [0.1, 0.15) is 18.6 Å². The fourth-order valence-corrected chi connectivity index (χ4v) is 1.97. The predicted molar refractivity (Wildman–Crippen MR) is 65.7 cm³/mol. The van der Waals surface area contributed by atoms with E-state index in [1.807, 2.05) is 13.0 Å². The highest BCUT2D eigenvalue weighted by atomic mass is 16.5. The summed E-state index contributed by atoms with van der Waals surface area (Å²) in [6, 6.07) is 5.48. The molecular weight excluding hydrogens is 216 g/mol. The lowest BCUT2D eigenvalue weighted by atomic mass is 10.1. The third-order valence-electron chi connectivity index (χ3n) is 3.05. The number of rotatable bonds is 4. The molecule has 0 aliphatic carbocycles. The molecule has 0 aromatic heterocycles. The molecule has 1 aromatic rings. The molecule has 1 saturated heterocycles. The number of carbonyl (C=O) groups is 1. The third kappa shape index (κ3) is 3.30. The van der Waals surface area contributed by atoms with Crippen LogP contribution in [0.2, 0.25) is 0 Å². The summed E-state index contributed by atoms with van der Waals surface area (Å²) in [5.74, 6) is 0.781. The van der Waals surface area contributed by atoms with Crippen LogP contribution in [0.5, 0.6) is 5.75 Å². The van der Waals surface area contributed by atoms with Crippen LogP contribution in [-0.2, 0) is 4.74 Å². The molecule has 0 amide bonds. The largest absolute Gasteiger partial charge is 0.491 e. The zero-order chi connectivity index (χ0) is 12.1. The van der Waals surface area contributed by atoms with Gasteiger partial charge in [0.15, 0.2) is 0 Å². The molecule has 17 heavy (non-hydrogen) atoms. The van der Waals surface area contributed by atoms with Crippen molar-refractivity contribution in [2.75, 3.05) is 13.2 Å². The number of carbonyl (C=O) groups excluding carboxylic acids is 1. The lowest BCUT2D eigenvalue weighted by molar-refractivity contribution is -0.0111. The molecule has 1 aliphatic heterocycles. The molecule has 0 bridgehead atoms. The standard InChI is InChI=1S/C14H18O3/c1-11-5-6-12(9-15)8-14(11)17-10-13-4-2-3-7-16-13/h5-6,8-9,13H,2-4,7,10H2,1H3. The first kappa shape index (κ1) is 12.1. The maximum absolute atomic E-state index is 10.7. The maximum Gasteiger partial charge on any atom is 0.150 e. The molecule has 1 aliphatic rings. The molecule has 1 unspecified atom stereocenters. The minimum atomic E-state index is 0.197. The molecule has 1 atom stereocenters. The number of hydrogen-bond acceptors (Lipinski definition) is 3. The van der Waals surface area contributed by atoms with E-state index in [1.165, 1.54) is 6.42 Å². The lowest BCUT2D eigenvalue weighted by Gasteiger charge is -2.23. The van der Waals surface area contributed by atoms with Gasteiger partial charge in [-0.25, -0.2) is 0 Å². The first-order chi connectivity index (χ1) is 8.29. The van der Waals surface area contributed by atoms with Crippen molar-refractivity contribution in [3.63, 3.8) is 0 Å². The van der Waals surface area contributed by atoms with E-state index in [0.29, 0.717) is 12.2 Å². The Balaban J connectivity index is 1.95. The fourth-order valence-electron chi connectivity index (χ4n) is 1.97. The molecule has 3 nitrogen and oxygen atoms in total. The quantitative estimate of drug-likeness (QED) is 0.751. The minimum Gasteiger partial charge on any atom is -0.491 e. The third-order valence-corrected chi connectivity index (χ3v) is 3.05. The molecule has 3 heteroatoms. The summed E-state index contributed by atoms with van der Waals surface area (Å²) in [5.41, 5.74) is 1.70. The zero-order valence-corrected chi connectivity index (χ0v) is 10.1. The first-order valence-electron chi connectivity index (χ1n) is 6.10. The van der Waals surface area contributed by atoms with Gasteiger partial charge in [-0.05, 0) is 37.8 Å². The second-order valence-electron chi connectivity index (χ2n) is 4.44. The van der Waals surface area contributed by atoms with Crippen LogP contribution >= 0.6 is 0 Å². The number of aryl methyl sites for hydroxylation is 1. The van der Waals surface area contributed by atoms with Gasteiger partial charge >= 0.3 is 0 Å². The highest BCUT2D eigenvalue weighted by molar-refractivity contribution is 5.75. The minimum absolute atomic E-state index is 0.197. The van der Waals surface area contributed by atoms with E-state index >= 15 is 0 Å². The second kappa shape index (κ2) is 5.82. The molecule has 0 saturated carbocycles. The number of benzene rings is 1. The topological polar surface area (TPSA) is 35.5 Å². The summed E-state index contributed by atoms with van der Waals surface area (Å²) >= 11 is 0. The second-order valence-corrected chi connectivity index (χ2v) is 4.44.